The molecule has 0 aliphatic rings. The molecule has 0 saturated carbocycles. The highest BCUT2D eigenvalue weighted by atomic mass is 32.2. The Morgan fingerprint density at radius 2 is 1.95 bits per heavy atom. The van der Waals surface area contributed by atoms with Gasteiger partial charge in [0.25, 0.3) is 5.91 Å². The van der Waals surface area contributed by atoms with Crippen molar-refractivity contribution >= 4 is 27.1 Å². The van der Waals surface area contributed by atoms with Crippen LogP contribution >= 0.6 is 0 Å². The first-order valence-electron chi connectivity index (χ1n) is 6.13. The van der Waals surface area contributed by atoms with Crippen molar-refractivity contribution in [2.75, 3.05) is 30.9 Å². The van der Waals surface area contributed by atoms with Gasteiger partial charge in [0.1, 0.15) is 0 Å². The minimum atomic E-state index is -3.20. The van der Waals surface area contributed by atoms with E-state index >= 15 is 0 Å². The van der Waals surface area contributed by atoms with E-state index in [-0.39, 0.29) is 12.5 Å². The second-order valence-electron chi connectivity index (χ2n) is 5.27. The fraction of sp³-hybridized carbons (Fsp3) is 0.462. The average Bonchev–Trinajstić information content (AvgIpc) is 2.35. The van der Waals surface area contributed by atoms with Crippen LogP contribution in [0.1, 0.15) is 24.2 Å². The van der Waals surface area contributed by atoms with Crippen LogP contribution in [0, 0.1) is 0 Å². The molecule has 1 rings (SSSR count). The smallest absolute Gasteiger partial charge is 0.251 e. The van der Waals surface area contributed by atoms with Gasteiger partial charge in [-0.25, -0.2) is 8.42 Å². The molecule has 1 aromatic carbocycles. The lowest BCUT2D eigenvalue weighted by molar-refractivity contribution is 0.0963. The number of benzene rings is 1. The highest BCUT2D eigenvalue weighted by Gasteiger charge is 2.30. The largest absolute Gasteiger partial charge is 0.397 e. The lowest BCUT2D eigenvalue weighted by atomic mass is 10.1. The minimum Gasteiger partial charge on any atom is -0.397 e. The number of nitrogens with one attached hydrogen (secondary N) is 2. The number of anilines is 2. The first-order chi connectivity index (χ1) is 9.08. The van der Waals surface area contributed by atoms with E-state index < -0.39 is 14.6 Å². The standard InChI is InChI=1S/C13H21N3O3S/c1-13(2,20(4,18)19)8-16-11-7-9(12(17)15-3)5-6-10(11)14/h5-7,16H,8,14H2,1-4H3,(H,15,17). The van der Waals surface area contributed by atoms with Gasteiger partial charge in [0.2, 0.25) is 0 Å². The Kier molecular flexibility index (Phi) is 4.65. The Bertz CT molecular complexity index is 609. The fourth-order valence-electron chi connectivity index (χ4n) is 1.43. The third-order valence-electron chi connectivity index (χ3n) is 3.25. The van der Waals surface area contributed by atoms with Gasteiger partial charge in [-0.15, -0.1) is 0 Å². The van der Waals surface area contributed by atoms with E-state index in [1.165, 1.54) is 6.26 Å². The molecular formula is C13H21N3O3S. The van der Waals surface area contributed by atoms with Crippen molar-refractivity contribution in [3.63, 3.8) is 0 Å². The van der Waals surface area contributed by atoms with E-state index in [0.29, 0.717) is 16.9 Å². The van der Waals surface area contributed by atoms with Crippen molar-refractivity contribution in [3.8, 4) is 0 Å². The van der Waals surface area contributed by atoms with Crippen molar-refractivity contribution in [2.45, 2.75) is 18.6 Å². The number of sulfone groups is 1. The number of nitrogens with two attached hydrogens (primary N) is 1. The monoisotopic (exact) mass is 299 g/mol. The fourth-order valence-corrected chi connectivity index (χ4v) is 1.77. The van der Waals surface area contributed by atoms with Gasteiger partial charge in [0.05, 0.1) is 16.1 Å². The number of carbonyl (C=O) groups excluding carboxylic acids is 1. The van der Waals surface area contributed by atoms with E-state index in [4.69, 9.17) is 5.73 Å². The normalized spacial score (nSPS) is 12.0. The van der Waals surface area contributed by atoms with E-state index in [2.05, 4.69) is 10.6 Å². The second kappa shape index (κ2) is 5.70. The average molecular weight is 299 g/mol. The molecule has 0 aliphatic carbocycles. The number of rotatable bonds is 5. The summed E-state index contributed by atoms with van der Waals surface area (Å²) in [6.07, 6.45) is 1.19. The third-order valence-corrected chi connectivity index (χ3v) is 5.40. The first-order valence-corrected chi connectivity index (χ1v) is 8.03. The zero-order valence-corrected chi connectivity index (χ0v) is 13.0. The molecule has 0 spiro atoms. The summed E-state index contributed by atoms with van der Waals surface area (Å²) in [4.78, 5) is 11.6. The summed E-state index contributed by atoms with van der Waals surface area (Å²) in [7, 11) is -1.66. The molecule has 0 bridgehead atoms. The van der Waals surface area contributed by atoms with Gasteiger partial charge in [-0.3, -0.25) is 4.79 Å². The highest BCUT2D eigenvalue weighted by molar-refractivity contribution is 7.92. The zero-order chi connectivity index (χ0) is 15.6. The number of hydrogen-bond donors (Lipinski definition) is 3. The van der Waals surface area contributed by atoms with Crippen LogP contribution in [0.2, 0.25) is 0 Å². The molecule has 1 amide bonds. The maximum Gasteiger partial charge on any atom is 0.251 e. The van der Waals surface area contributed by atoms with Crippen molar-refractivity contribution in [1.29, 1.82) is 0 Å². The Morgan fingerprint density at radius 1 is 1.35 bits per heavy atom. The highest BCUT2D eigenvalue weighted by Crippen LogP contribution is 2.23. The van der Waals surface area contributed by atoms with Crippen molar-refractivity contribution < 1.29 is 13.2 Å². The molecule has 7 heteroatoms. The summed E-state index contributed by atoms with van der Waals surface area (Å²) in [6.45, 7) is 3.47. The Balaban J connectivity index is 2.96. The maximum absolute atomic E-state index is 11.6. The number of hydrogen-bond acceptors (Lipinski definition) is 5. The molecule has 0 radical (unpaired) electrons. The summed E-state index contributed by atoms with van der Waals surface area (Å²) in [5.41, 5.74) is 7.29. The van der Waals surface area contributed by atoms with Crippen molar-refractivity contribution in [2.24, 2.45) is 0 Å². The molecule has 0 aromatic heterocycles. The SMILES string of the molecule is CNC(=O)c1ccc(N)c(NCC(C)(C)S(C)(=O)=O)c1. The Hall–Kier alpha value is -1.76. The van der Waals surface area contributed by atoms with Gasteiger partial charge < -0.3 is 16.4 Å². The molecule has 0 heterocycles. The van der Waals surface area contributed by atoms with Gasteiger partial charge in [0, 0.05) is 25.4 Å². The minimum absolute atomic E-state index is 0.202. The van der Waals surface area contributed by atoms with Crippen molar-refractivity contribution in [3.05, 3.63) is 23.8 Å². The molecule has 112 valence electrons. The topological polar surface area (TPSA) is 101 Å². The van der Waals surface area contributed by atoms with E-state index in [1.54, 1.807) is 39.1 Å². The second-order valence-corrected chi connectivity index (χ2v) is 7.92. The van der Waals surface area contributed by atoms with Crippen LogP contribution in [0.5, 0.6) is 0 Å². The van der Waals surface area contributed by atoms with Crippen LogP contribution in [-0.2, 0) is 9.84 Å². The van der Waals surface area contributed by atoms with E-state index in [1.807, 2.05) is 0 Å². The lowest BCUT2D eigenvalue weighted by Gasteiger charge is -2.24. The van der Waals surface area contributed by atoms with Crippen LogP contribution in [0.25, 0.3) is 0 Å². The number of amides is 1. The van der Waals surface area contributed by atoms with Gasteiger partial charge in [-0.05, 0) is 32.0 Å². The molecule has 1 aromatic rings. The maximum atomic E-state index is 11.6. The molecular weight excluding hydrogens is 278 g/mol. The summed E-state index contributed by atoms with van der Waals surface area (Å²) in [6, 6.07) is 4.83. The summed E-state index contributed by atoms with van der Waals surface area (Å²) >= 11 is 0. The van der Waals surface area contributed by atoms with Crippen LogP contribution in [0.15, 0.2) is 18.2 Å². The predicted octanol–water partition coefficient (Wildman–Crippen LogP) is 0.863. The van der Waals surface area contributed by atoms with Gasteiger partial charge >= 0.3 is 0 Å². The van der Waals surface area contributed by atoms with Gasteiger partial charge in [-0.1, -0.05) is 0 Å². The third kappa shape index (κ3) is 3.63. The summed E-state index contributed by atoms with van der Waals surface area (Å²) in [5.74, 6) is -0.226. The predicted molar refractivity (Wildman–Crippen MR) is 81.7 cm³/mol. The summed E-state index contributed by atoms with van der Waals surface area (Å²) in [5, 5.41) is 5.52. The zero-order valence-electron chi connectivity index (χ0n) is 12.1. The molecule has 20 heavy (non-hydrogen) atoms. The van der Waals surface area contributed by atoms with Gasteiger partial charge in [-0.2, -0.15) is 0 Å². The first kappa shape index (κ1) is 16.3. The van der Waals surface area contributed by atoms with E-state index in [9.17, 15) is 13.2 Å². The number of nitrogen functional groups attached to an aromatic ring is 1. The molecule has 6 nitrogen and oxygen atoms in total. The molecule has 0 aliphatic heterocycles. The number of carbonyl (C=O) groups is 1. The van der Waals surface area contributed by atoms with E-state index in [0.717, 1.165) is 0 Å². The van der Waals surface area contributed by atoms with Crippen LogP contribution in [0.4, 0.5) is 11.4 Å². The van der Waals surface area contributed by atoms with Gasteiger partial charge in [0.15, 0.2) is 9.84 Å². The quantitative estimate of drug-likeness (QED) is 0.700. The molecule has 0 fully saturated rings. The lowest BCUT2D eigenvalue weighted by Crippen LogP contribution is -2.38. The Labute approximate surface area is 119 Å². The molecule has 0 atom stereocenters. The summed E-state index contributed by atoms with van der Waals surface area (Å²) < 4.78 is 22.4. The molecule has 0 saturated heterocycles. The van der Waals surface area contributed by atoms with Crippen LogP contribution in [0.3, 0.4) is 0 Å². The molecule has 0 unspecified atom stereocenters. The molecule has 4 N–H and O–H groups in total. The van der Waals surface area contributed by atoms with Crippen LogP contribution < -0.4 is 16.4 Å². The Morgan fingerprint density at radius 3 is 2.45 bits per heavy atom. The van der Waals surface area contributed by atoms with Crippen molar-refractivity contribution in [1.82, 2.24) is 5.32 Å². The van der Waals surface area contributed by atoms with Crippen LogP contribution in [-0.4, -0.2) is 38.9 Å².